The maximum Gasteiger partial charge on any atom is 0.282 e. The predicted molar refractivity (Wildman–Crippen MR) is 104 cm³/mol. The quantitative estimate of drug-likeness (QED) is 0.595. The largest absolute Gasteiger partial charge is 0.326 e. The Labute approximate surface area is 165 Å². The average Bonchev–Trinajstić information content (AvgIpc) is 3.21. The van der Waals surface area contributed by atoms with Crippen LogP contribution >= 0.6 is 11.3 Å². The molecule has 0 spiro atoms. The third-order valence-electron chi connectivity index (χ3n) is 4.47. The highest BCUT2D eigenvalue weighted by atomic mass is 32.1. The van der Waals surface area contributed by atoms with Crippen molar-refractivity contribution in [1.82, 2.24) is 0 Å². The molecule has 0 saturated heterocycles. The Morgan fingerprint density at radius 2 is 1.75 bits per heavy atom. The van der Waals surface area contributed by atoms with Crippen LogP contribution in [0.15, 0.2) is 53.9 Å². The Hall–Kier alpha value is -2.64. The van der Waals surface area contributed by atoms with Crippen LogP contribution in [0.3, 0.4) is 0 Å². The first-order chi connectivity index (χ1) is 13.4. The van der Waals surface area contributed by atoms with E-state index in [0.717, 1.165) is 28.1 Å². The first-order valence-electron chi connectivity index (χ1n) is 8.76. The highest BCUT2D eigenvalue weighted by molar-refractivity contribution is 7.10. The van der Waals surface area contributed by atoms with Gasteiger partial charge in [0.1, 0.15) is 6.04 Å². The lowest BCUT2D eigenvalue weighted by molar-refractivity contribution is -0.703. The van der Waals surface area contributed by atoms with Crippen molar-refractivity contribution in [3.63, 3.8) is 0 Å². The van der Waals surface area contributed by atoms with Crippen LogP contribution in [0.1, 0.15) is 29.0 Å². The summed E-state index contributed by atoms with van der Waals surface area (Å²) in [7, 11) is 0. The molecule has 1 aromatic heterocycles. The summed E-state index contributed by atoms with van der Waals surface area (Å²) in [5, 5.41) is 6.17. The van der Waals surface area contributed by atoms with E-state index >= 15 is 0 Å². The fourth-order valence-electron chi connectivity index (χ4n) is 2.86. The summed E-state index contributed by atoms with van der Waals surface area (Å²) >= 11 is 1.58. The molecular weight excluding hydrogens is 385 g/mol. The first-order valence-corrected chi connectivity index (χ1v) is 9.64. The molecule has 2 aromatic carbocycles. The van der Waals surface area contributed by atoms with E-state index in [1.165, 1.54) is 0 Å². The second-order valence-corrected chi connectivity index (χ2v) is 7.58. The van der Waals surface area contributed by atoms with Gasteiger partial charge in [-0.2, -0.15) is 0 Å². The number of quaternary nitrogens is 1. The van der Waals surface area contributed by atoms with Gasteiger partial charge in [-0.3, -0.25) is 4.79 Å². The van der Waals surface area contributed by atoms with Crippen LogP contribution in [-0.2, 0) is 4.79 Å². The SMILES string of the molecule is Cc1ccc([C@@H]([NH2+][C@@H](C)C(=O)Nc2ccc(F)c(F)c2F)c2cccs2)cc1. The fourth-order valence-corrected chi connectivity index (χ4v) is 3.69. The van der Waals surface area contributed by atoms with Gasteiger partial charge in [0.15, 0.2) is 23.5 Å². The van der Waals surface area contributed by atoms with Crippen molar-refractivity contribution in [3.8, 4) is 0 Å². The van der Waals surface area contributed by atoms with E-state index in [1.807, 2.05) is 54.0 Å². The molecule has 0 unspecified atom stereocenters. The molecule has 3 rings (SSSR count). The van der Waals surface area contributed by atoms with Gasteiger partial charge in [-0.05, 0) is 37.4 Å². The van der Waals surface area contributed by atoms with Gasteiger partial charge in [0.2, 0.25) is 0 Å². The summed E-state index contributed by atoms with van der Waals surface area (Å²) < 4.78 is 40.3. The summed E-state index contributed by atoms with van der Waals surface area (Å²) in [6.45, 7) is 3.68. The Bertz CT molecular complexity index is 959. The molecule has 3 N–H and O–H groups in total. The molecule has 0 aliphatic heterocycles. The van der Waals surface area contributed by atoms with Crippen molar-refractivity contribution in [2.24, 2.45) is 0 Å². The highest BCUT2D eigenvalue weighted by Crippen LogP contribution is 2.24. The lowest BCUT2D eigenvalue weighted by Crippen LogP contribution is -2.92. The van der Waals surface area contributed by atoms with Gasteiger partial charge < -0.3 is 10.6 Å². The summed E-state index contributed by atoms with van der Waals surface area (Å²) in [5.41, 5.74) is 1.78. The number of thiophene rings is 1. The zero-order valence-electron chi connectivity index (χ0n) is 15.4. The minimum Gasteiger partial charge on any atom is -0.326 e. The van der Waals surface area contributed by atoms with Crippen LogP contribution in [0.5, 0.6) is 0 Å². The minimum atomic E-state index is -1.61. The van der Waals surface area contributed by atoms with E-state index in [2.05, 4.69) is 5.32 Å². The number of hydrogen-bond donors (Lipinski definition) is 2. The number of amides is 1. The van der Waals surface area contributed by atoms with E-state index in [-0.39, 0.29) is 11.7 Å². The van der Waals surface area contributed by atoms with E-state index in [9.17, 15) is 18.0 Å². The first kappa shape index (κ1) is 20.1. The van der Waals surface area contributed by atoms with Gasteiger partial charge in [-0.15, -0.1) is 11.3 Å². The number of halogens is 3. The summed E-state index contributed by atoms with van der Waals surface area (Å²) in [4.78, 5) is 13.6. The molecule has 0 aliphatic rings. The average molecular weight is 405 g/mol. The standard InChI is InChI=1S/C21H19F3N2OS/c1-12-5-7-14(8-6-12)20(17-4-3-11-28-17)25-13(2)21(27)26-16-10-9-15(22)18(23)19(16)24/h3-11,13,20,25H,1-2H3,(H,26,27)/p+1/t13-,20+/m0/s1. The van der Waals surface area contributed by atoms with E-state index in [4.69, 9.17) is 0 Å². The maximum atomic E-state index is 13.8. The number of nitrogens with two attached hydrogens (primary N) is 1. The number of hydrogen-bond acceptors (Lipinski definition) is 2. The number of aryl methyl sites for hydroxylation is 1. The third-order valence-corrected chi connectivity index (χ3v) is 5.43. The van der Waals surface area contributed by atoms with E-state index in [1.54, 1.807) is 18.3 Å². The molecule has 0 aliphatic carbocycles. The smallest absolute Gasteiger partial charge is 0.282 e. The lowest BCUT2D eigenvalue weighted by atomic mass is 10.0. The zero-order chi connectivity index (χ0) is 20.3. The van der Waals surface area contributed by atoms with Gasteiger partial charge >= 0.3 is 0 Å². The van der Waals surface area contributed by atoms with E-state index < -0.39 is 29.4 Å². The molecule has 1 amide bonds. The Morgan fingerprint density at radius 3 is 2.39 bits per heavy atom. The molecule has 3 aromatic rings. The van der Waals surface area contributed by atoms with Crippen molar-refractivity contribution in [2.45, 2.75) is 25.9 Å². The lowest BCUT2D eigenvalue weighted by Gasteiger charge is -2.20. The monoisotopic (exact) mass is 405 g/mol. The summed E-state index contributed by atoms with van der Waals surface area (Å²) in [5.74, 6) is -4.81. The molecular formula is C21H20F3N2OS+. The van der Waals surface area contributed by atoms with Crippen LogP contribution in [0.2, 0.25) is 0 Å². The van der Waals surface area contributed by atoms with Gasteiger partial charge in [-0.25, -0.2) is 13.2 Å². The molecule has 146 valence electrons. The second kappa shape index (κ2) is 8.58. The second-order valence-electron chi connectivity index (χ2n) is 6.60. The number of carbonyl (C=O) groups is 1. The molecule has 3 nitrogen and oxygen atoms in total. The Morgan fingerprint density at radius 1 is 1.04 bits per heavy atom. The van der Waals surface area contributed by atoms with Crippen LogP contribution in [-0.4, -0.2) is 11.9 Å². The van der Waals surface area contributed by atoms with Gasteiger partial charge in [0.05, 0.1) is 10.6 Å². The topological polar surface area (TPSA) is 45.7 Å². The Balaban J connectivity index is 1.78. The summed E-state index contributed by atoms with van der Waals surface area (Å²) in [6, 6.07) is 13.0. The predicted octanol–water partition coefficient (Wildman–Crippen LogP) is 4.15. The van der Waals surface area contributed by atoms with Crippen LogP contribution in [0.4, 0.5) is 18.9 Å². The van der Waals surface area contributed by atoms with Crippen LogP contribution in [0, 0.1) is 24.4 Å². The van der Waals surface area contributed by atoms with Crippen LogP contribution in [0.25, 0.3) is 0 Å². The molecule has 2 atom stereocenters. The van der Waals surface area contributed by atoms with Crippen molar-refractivity contribution < 1.29 is 23.3 Å². The van der Waals surface area contributed by atoms with Crippen molar-refractivity contribution in [2.75, 3.05) is 5.32 Å². The number of nitrogens with one attached hydrogen (secondary N) is 1. The Kier molecular flexibility index (Phi) is 6.16. The number of carbonyl (C=O) groups excluding carboxylic acids is 1. The van der Waals surface area contributed by atoms with Gasteiger partial charge in [-0.1, -0.05) is 35.9 Å². The number of rotatable bonds is 6. The van der Waals surface area contributed by atoms with Crippen LogP contribution < -0.4 is 10.6 Å². The fraction of sp³-hybridized carbons (Fsp3) is 0.190. The zero-order valence-corrected chi connectivity index (χ0v) is 16.2. The molecule has 0 saturated carbocycles. The molecule has 7 heteroatoms. The molecule has 1 heterocycles. The molecule has 0 radical (unpaired) electrons. The molecule has 0 fully saturated rings. The normalized spacial score (nSPS) is 13.2. The van der Waals surface area contributed by atoms with E-state index in [0.29, 0.717) is 0 Å². The maximum absolute atomic E-state index is 13.8. The summed E-state index contributed by atoms with van der Waals surface area (Å²) in [6.07, 6.45) is 0. The van der Waals surface area contributed by atoms with Crippen molar-refractivity contribution in [3.05, 3.63) is 87.4 Å². The third kappa shape index (κ3) is 4.43. The van der Waals surface area contributed by atoms with Crippen molar-refractivity contribution in [1.29, 1.82) is 0 Å². The number of anilines is 1. The van der Waals surface area contributed by atoms with Crippen molar-refractivity contribution >= 4 is 22.9 Å². The van der Waals surface area contributed by atoms with Gasteiger partial charge in [0.25, 0.3) is 5.91 Å². The highest BCUT2D eigenvalue weighted by Gasteiger charge is 2.26. The number of benzene rings is 2. The molecule has 28 heavy (non-hydrogen) atoms. The molecule has 0 bridgehead atoms. The van der Waals surface area contributed by atoms with Gasteiger partial charge in [0, 0.05) is 5.56 Å². The minimum absolute atomic E-state index is 0.115.